The first-order valence-corrected chi connectivity index (χ1v) is 6.17. The predicted octanol–water partition coefficient (Wildman–Crippen LogP) is -0.567. The Labute approximate surface area is 94.0 Å². The number of hydrogen-bond acceptors (Lipinski definition) is 4. The zero-order valence-corrected chi connectivity index (χ0v) is 10.3. The van der Waals surface area contributed by atoms with Gasteiger partial charge in [0.2, 0.25) is 0 Å². The monoisotopic (exact) mass is 214 g/mol. The van der Waals surface area contributed by atoms with Crippen LogP contribution in [0.15, 0.2) is 0 Å². The molecular weight excluding hydrogens is 188 g/mol. The summed E-state index contributed by atoms with van der Waals surface area (Å²) in [4.78, 5) is 5.10. The number of rotatable bonds is 7. The van der Waals surface area contributed by atoms with E-state index in [4.69, 9.17) is 0 Å². The predicted molar refractivity (Wildman–Crippen MR) is 65.4 cm³/mol. The molecule has 0 saturated carbocycles. The SMILES string of the molecule is CCNCCN1CCN(CCNC)CC1. The van der Waals surface area contributed by atoms with Gasteiger partial charge in [0.1, 0.15) is 0 Å². The van der Waals surface area contributed by atoms with E-state index < -0.39 is 0 Å². The number of hydrogen-bond donors (Lipinski definition) is 2. The molecule has 1 saturated heterocycles. The summed E-state index contributed by atoms with van der Waals surface area (Å²) in [5, 5.41) is 6.58. The van der Waals surface area contributed by atoms with E-state index in [9.17, 15) is 0 Å². The van der Waals surface area contributed by atoms with E-state index in [1.807, 2.05) is 7.05 Å². The molecule has 0 unspecified atom stereocenters. The van der Waals surface area contributed by atoms with E-state index in [1.54, 1.807) is 0 Å². The summed E-state index contributed by atoms with van der Waals surface area (Å²) in [5.41, 5.74) is 0. The Morgan fingerprint density at radius 2 is 1.47 bits per heavy atom. The summed E-state index contributed by atoms with van der Waals surface area (Å²) in [7, 11) is 2.02. The van der Waals surface area contributed by atoms with Crippen molar-refractivity contribution in [3.05, 3.63) is 0 Å². The first-order chi connectivity index (χ1) is 7.36. The lowest BCUT2D eigenvalue weighted by molar-refractivity contribution is 0.134. The van der Waals surface area contributed by atoms with Crippen LogP contribution in [-0.2, 0) is 0 Å². The smallest absolute Gasteiger partial charge is 0.0110 e. The topological polar surface area (TPSA) is 30.5 Å². The lowest BCUT2D eigenvalue weighted by Gasteiger charge is -2.34. The molecule has 0 aromatic rings. The highest BCUT2D eigenvalue weighted by atomic mass is 15.3. The fourth-order valence-corrected chi connectivity index (χ4v) is 1.92. The van der Waals surface area contributed by atoms with Gasteiger partial charge in [-0.2, -0.15) is 0 Å². The van der Waals surface area contributed by atoms with Gasteiger partial charge in [-0.25, -0.2) is 0 Å². The third-order valence-corrected chi connectivity index (χ3v) is 3.00. The number of piperazine rings is 1. The quantitative estimate of drug-likeness (QED) is 0.556. The van der Waals surface area contributed by atoms with Crippen LogP contribution in [0.2, 0.25) is 0 Å². The van der Waals surface area contributed by atoms with Crippen LogP contribution >= 0.6 is 0 Å². The van der Waals surface area contributed by atoms with Crippen LogP contribution in [0, 0.1) is 0 Å². The van der Waals surface area contributed by atoms with Crippen LogP contribution in [0.25, 0.3) is 0 Å². The van der Waals surface area contributed by atoms with Crippen LogP contribution in [0.4, 0.5) is 0 Å². The van der Waals surface area contributed by atoms with Gasteiger partial charge in [-0.05, 0) is 13.6 Å². The summed E-state index contributed by atoms with van der Waals surface area (Å²) < 4.78 is 0. The molecule has 1 aliphatic heterocycles. The molecule has 0 aliphatic carbocycles. The minimum absolute atomic E-state index is 1.09. The molecule has 1 fully saturated rings. The number of nitrogens with one attached hydrogen (secondary N) is 2. The van der Waals surface area contributed by atoms with E-state index in [1.165, 1.54) is 39.3 Å². The lowest BCUT2D eigenvalue weighted by atomic mass is 10.3. The molecule has 0 aromatic carbocycles. The molecule has 0 amide bonds. The minimum Gasteiger partial charge on any atom is -0.318 e. The summed E-state index contributed by atoms with van der Waals surface area (Å²) in [5.74, 6) is 0. The molecule has 0 aromatic heterocycles. The van der Waals surface area contributed by atoms with Gasteiger partial charge in [0.05, 0.1) is 0 Å². The highest BCUT2D eigenvalue weighted by molar-refractivity contribution is 4.72. The Bertz CT molecular complexity index is 144. The second kappa shape index (κ2) is 8.05. The Kier molecular flexibility index (Phi) is 6.92. The standard InChI is InChI=1S/C11H26N4/c1-3-13-5-7-15-10-8-14(9-11-15)6-4-12-2/h12-13H,3-11H2,1-2H3. The molecule has 90 valence electrons. The molecule has 2 N–H and O–H groups in total. The van der Waals surface area contributed by atoms with Crippen molar-refractivity contribution in [2.75, 3.05) is 66.0 Å². The fraction of sp³-hybridized carbons (Fsp3) is 1.00. The third-order valence-electron chi connectivity index (χ3n) is 3.00. The maximum atomic E-state index is 3.38. The largest absolute Gasteiger partial charge is 0.318 e. The van der Waals surface area contributed by atoms with Gasteiger partial charge in [-0.1, -0.05) is 6.92 Å². The second-order valence-electron chi connectivity index (χ2n) is 4.14. The van der Waals surface area contributed by atoms with Gasteiger partial charge in [0, 0.05) is 52.4 Å². The molecule has 1 rings (SSSR count). The van der Waals surface area contributed by atoms with Crippen LogP contribution in [0.3, 0.4) is 0 Å². The van der Waals surface area contributed by atoms with Crippen LogP contribution in [0.5, 0.6) is 0 Å². The Balaban J connectivity index is 2.02. The normalized spacial score (nSPS) is 19.6. The van der Waals surface area contributed by atoms with E-state index in [0.29, 0.717) is 0 Å². The first kappa shape index (κ1) is 12.9. The van der Waals surface area contributed by atoms with E-state index in [-0.39, 0.29) is 0 Å². The van der Waals surface area contributed by atoms with E-state index >= 15 is 0 Å². The maximum absolute atomic E-state index is 3.38. The van der Waals surface area contributed by atoms with Gasteiger partial charge in [0.15, 0.2) is 0 Å². The highest BCUT2D eigenvalue weighted by Crippen LogP contribution is 1.99. The lowest BCUT2D eigenvalue weighted by Crippen LogP contribution is -2.49. The van der Waals surface area contributed by atoms with Crippen molar-refractivity contribution in [3.63, 3.8) is 0 Å². The molecule has 0 spiro atoms. The van der Waals surface area contributed by atoms with Crippen molar-refractivity contribution in [2.45, 2.75) is 6.92 Å². The molecule has 4 nitrogen and oxygen atoms in total. The maximum Gasteiger partial charge on any atom is 0.0110 e. The van der Waals surface area contributed by atoms with E-state index in [2.05, 4.69) is 27.4 Å². The molecule has 0 radical (unpaired) electrons. The number of likely N-dealkylation sites (N-methyl/N-ethyl adjacent to an activating group) is 2. The highest BCUT2D eigenvalue weighted by Gasteiger charge is 2.15. The van der Waals surface area contributed by atoms with Gasteiger partial charge >= 0.3 is 0 Å². The molecule has 4 heteroatoms. The van der Waals surface area contributed by atoms with Crippen molar-refractivity contribution in [1.29, 1.82) is 0 Å². The van der Waals surface area contributed by atoms with Gasteiger partial charge in [-0.3, -0.25) is 9.80 Å². The Morgan fingerprint density at radius 1 is 0.933 bits per heavy atom. The zero-order valence-electron chi connectivity index (χ0n) is 10.3. The molecule has 0 bridgehead atoms. The van der Waals surface area contributed by atoms with Crippen LogP contribution in [-0.4, -0.2) is 75.8 Å². The van der Waals surface area contributed by atoms with Crippen LogP contribution < -0.4 is 10.6 Å². The second-order valence-corrected chi connectivity index (χ2v) is 4.14. The van der Waals surface area contributed by atoms with E-state index in [0.717, 1.165) is 19.6 Å². The van der Waals surface area contributed by atoms with Gasteiger partial charge in [-0.15, -0.1) is 0 Å². The summed E-state index contributed by atoms with van der Waals surface area (Å²) in [6.07, 6.45) is 0. The third kappa shape index (κ3) is 5.47. The van der Waals surface area contributed by atoms with Crippen LogP contribution in [0.1, 0.15) is 6.92 Å². The Hall–Kier alpha value is -0.160. The summed E-state index contributed by atoms with van der Waals surface area (Å²) in [6.45, 7) is 12.8. The molecular formula is C11H26N4. The average molecular weight is 214 g/mol. The van der Waals surface area contributed by atoms with Crippen molar-refractivity contribution < 1.29 is 0 Å². The van der Waals surface area contributed by atoms with Gasteiger partial charge in [0.25, 0.3) is 0 Å². The summed E-state index contributed by atoms with van der Waals surface area (Å²) >= 11 is 0. The Morgan fingerprint density at radius 3 is 1.93 bits per heavy atom. The minimum atomic E-state index is 1.09. The first-order valence-electron chi connectivity index (χ1n) is 6.17. The molecule has 15 heavy (non-hydrogen) atoms. The summed E-state index contributed by atoms with van der Waals surface area (Å²) in [6, 6.07) is 0. The molecule has 1 heterocycles. The average Bonchev–Trinajstić information content (AvgIpc) is 2.28. The molecule has 1 aliphatic rings. The zero-order chi connectivity index (χ0) is 10.9. The van der Waals surface area contributed by atoms with Crippen molar-refractivity contribution in [3.8, 4) is 0 Å². The fourth-order valence-electron chi connectivity index (χ4n) is 1.92. The van der Waals surface area contributed by atoms with Crippen molar-refractivity contribution >= 4 is 0 Å². The molecule has 0 atom stereocenters. The van der Waals surface area contributed by atoms with Crippen molar-refractivity contribution in [1.82, 2.24) is 20.4 Å². The van der Waals surface area contributed by atoms with Gasteiger partial charge < -0.3 is 10.6 Å². The van der Waals surface area contributed by atoms with Crippen molar-refractivity contribution in [2.24, 2.45) is 0 Å². The number of nitrogens with zero attached hydrogens (tertiary/aromatic N) is 2.